The fourth-order valence-corrected chi connectivity index (χ4v) is 5.03. The zero-order valence-electron chi connectivity index (χ0n) is 17.6. The van der Waals surface area contributed by atoms with E-state index in [1.807, 2.05) is 37.4 Å². The summed E-state index contributed by atoms with van der Waals surface area (Å²) in [5.41, 5.74) is 6.72. The Morgan fingerprint density at radius 1 is 1.00 bits per heavy atom. The first kappa shape index (κ1) is 19.8. The fraction of sp³-hybridized carbons (Fsp3) is 0.292. The molecule has 4 heterocycles. The molecule has 0 radical (unpaired) electrons. The van der Waals surface area contributed by atoms with Gasteiger partial charge in [0, 0.05) is 62.8 Å². The fourth-order valence-electron chi connectivity index (χ4n) is 4.48. The normalized spacial score (nSPS) is 14.8. The Kier molecular flexibility index (Phi) is 5.03. The largest absolute Gasteiger partial charge is 0.370 e. The van der Waals surface area contributed by atoms with Gasteiger partial charge in [-0.25, -0.2) is 4.98 Å². The molecule has 6 nitrogen and oxygen atoms in total. The lowest BCUT2D eigenvalue weighted by atomic mass is 9.97. The summed E-state index contributed by atoms with van der Waals surface area (Å²) in [6.07, 6.45) is 9.76. The molecule has 0 amide bonds. The minimum Gasteiger partial charge on any atom is -0.370 e. The number of piperidine rings is 1. The van der Waals surface area contributed by atoms with Gasteiger partial charge in [-0.05, 0) is 39.9 Å². The molecule has 0 N–H and O–H groups in total. The summed E-state index contributed by atoms with van der Waals surface area (Å²) < 4.78 is 4.91. The van der Waals surface area contributed by atoms with E-state index < -0.39 is 0 Å². The molecule has 31 heavy (non-hydrogen) atoms. The maximum Gasteiger partial charge on any atom is 0.142 e. The second kappa shape index (κ2) is 7.86. The van der Waals surface area contributed by atoms with Crippen molar-refractivity contribution in [3.8, 4) is 28.3 Å². The van der Waals surface area contributed by atoms with E-state index in [1.165, 1.54) is 11.3 Å². The SMILES string of the molecule is Cn1cc(-c2ccc(-c3cn(C)c4ncc(Br)c(N5CCC(C#N)CC5)c34)cc2)cn1. The summed E-state index contributed by atoms with van der Waals surface area (Å²) in [7, 11) is 3.97. The van der Waals surface area contributed by atoms with Crippen LogP contribution in [0.25, 0.3) is 33.3 Å². The van der Waals surface area contributed by atoms with E-state index in [-0.39, 0.29) is 5.92 Å². The van der Waals surface area contributed by atoms with Gasteiger partial charge in [-0.2, -0.15) is 10.4 Å². The number of anilines is 1. The first-order valence-corrected chi connectivity index (χ1v) is 11.2. The lowest BCUT2D eigenvalue weighted by molar-refractivity contribution is 0.488. The number of fused-ring (bicyclic) bond motifs is 1. The Morgan fingerprint density at radius 3 is 2.35 bits per heavy atom. The molecule has 0 atom stereocenters. The highest BCUT2D eigenvalue weighted by molar-refractivity contribution is 9.10. The Balaban J connectivity index is 1.60. The van der Waals surface area contributed by atoms with E-state index in [4.69, 9.17) is 4.98 Å². The summed E-state index contributed by atoms with van der Waals surface area (Å²) in [4.78, 5) is 7.11. The van der Waals surface area contributed by atoms with Crippen LogP contribution in [0.1, 0.15) is 12.8 Å². The minimum atomic E-state index is 0.155. The van der Waals surface area contributed by atoms with Crippen LogP contribution in [0.15, 0.2) is 53.5 Å². The smallest absolute Gasteiger partial charge is 0.142 e. The first-order valence-electron chi connectivity index (χ1n) is 10.4. The summed E-state index contributed by atoms with van der Waals surface area (Å²) in [5.74, 6) is 0.155. The lowest BCUT2D eigenvalue weighted by Gasteiger charge is -2.32. The average molecular weight is 475 g/mol. The van der Waals surface area contributed by atoms with Gasteiger partial charge >= 0.3 is 0 Å². The van der Waals surface area contributed by atoms with Crippen molar-refractivity contribution in [2.24, 2.45) is 20.0 Å². The van der Waals surface area contributed by atoms with Crippen molar-refractivity contribution < 1.29 is 0 Å². The van der Waals surface area contributed by atoms with Crippen LogP contribution in [0.3, 0.4) is 0 Å². The van der Waals surface area contributed by atoms with Gasteiger partial charge in [0.2, 0.25) is 0 Å². The van der Waals surface area contributed by atoms with E-state index in [9.17, 15) is 5.26 Å². The molecule has 7 heteroatoms. The number of benzene rings is 1. The van der Waals surface area contributed by atoms with Gasteiger partial charge in [0.15, 0.2) is 0 Å². The number of hydrogen-bond donors (Lipinski definition) is 0. The highest BCUT2D eigenvalue weighted by Crippen LogP contribution is 2.41. The van der Waals surface area contributed by atoms with Crippen LogP contribution in [0.5, 0.6) is 0 Å². The number of nitrogens with zero attached hydrogens (tertiary/aromatic N) is 6. The van der Waals surface area contributed by atoms with E-state index >= 15 is 0 Å². The molecular weight excluding hydrogens is 452 g/mol. The third-order valence-electron chi connectivity index (χ3n) is 6.14. The first-order chi connectivity index (χ1) is 15.0. The topological polar surface area (TPSA) is 62.7 Å². The number of pyridine rings is 1. The zero-order valence-corrected chi connectivity index (χ0v) is 19.2. The Morgan fingerprint density at radius 2 is 1.71 bits per heavy atom. The molecule has 156 valence electrons. The van der Waals surface area contributed by atoms with Crippen molar-refractivity contribution in [2.75, 3.05) is 18.0 Å². The molecule has 0 saturated carbocycles. The number of aryl methyl sites for hydroxylation is 2. The van der Waals surface area contributed by atoms with Gasteiger partial charge < -0.3 is 9.47 Å². The molecule has 3 aromatic heterocycles. The van der Waals surface area contributed by atoms with Crippen LogP contribution in [-0.2, 0) is 14.1 Å². The Hall–Kier alpha value is -3.11. The quantitative estimate of drug-likeness (QED) is 0.412. The molecule has 1 aliphatic heterocycles. The van der Waals surface area contributed by atoms with Gasteiger partial charge in [-0.15, -0.1) is 0 Å². The van der Waals surface area contributed by atoms with E-state index in [2.05, 4.69) is 67.0 Å². The third kappa shape index (κ3) is 3.51. The molecule has 0 bridgehead atoms. The van der Waals surface area contributed by atoms with Gasteiger partial charge in [0.1, 0.15) is 5.65 Å². The van der Waals surface area contributed by atoms with Crippen molar-refractivity contribution in [3.63, 3.8) is 0 Å². The van der Waals surface area contributed by atoms with Gasteiger partial charge in [-0.1, -0.05) is 24.3 Å². The van der Waals surface area contributed by atoms with Crippen molar-refractivity contribution in [1.29, 1.82) is 5.26 Å². The third-order valence-corrected chi connectivity index (χ3v) is 6.72. The molecule has 1 aliphatic rings. The number of hydrogen-bond acceptors (Lipinski definition) is 4. The van der Waals surface area contributed by atoms with Gasteiger partial charge in [0.25, 0.3) is 0 Å². The molecule has 0 spiro atoms. The predicted octanol–water partition coefficient (Wildman–Crippen LogP) is 5.14. The summed E-state index contributed by atoms with van der Waals surface area (Å²) in [6.45, 7) is 1.76. The van der Waals surface area contributed by atoms with Crippen LogP contribution >= 0.6 is 15.9 Å². The number of rotatable bonds is 3. The van der Waals surface area contributed by atoms with Crippen molar-refractivity contribution in [1.82, 2.24) is 19.3 Å². The number of nitriles is 1. The minimum absolute atomic E-state index is 0.155. The van der Waals surface area contributed by atoms with Crippen molar-refractivity contribution >= 4 is 32.7 Å². The van der Waals surface area contributed by atoms with Crippen LogP contribution in [0.4, 0.5) is 5.69 Å². The maximum absolute atomic E-state index is 9.28. The van der Waals surface area contributed by atoms with E-state index in [0.717, 1.165) is 58.1 Å². The maximum atomic E-state index is 9.28. The molecule has 1 aromatic carbocycles. The van der Waals surface area contributed by atoms with Crippen LogP contribution < -0.4 is 4.90 Å². The Bertz CT molecular complexity index is 1290. The highest BCUT2D eigenvalue weighted by Gasteiger charge is 2.25. The predicted molar refractivity (Wildman–Crippen MR) is 127 cm³/mol. The van der Waals surface area contributed by atoms with Gasteiger partial charge in [0.05, 0.1) is 27.8 Å². The van der Waals surface area contributed by atoms with Crippen LogP contribution in [0.2, 0.25) is 0 Å². The zero-order chi connectivity index (χ0) is 21.5. The second-order valence-corrected chi connectivity index (χ2v) is 9.03. The number of aromatic nitrogens is 4. The summed E-state index contributed by atoms with van der Waals surface area (Å²) in [5, 5.41) is 14.7. The van der Waals surface area contributed by atoms with E-state index in [0.29, 0.717) is 0 Å². The molecule has 5 rings (SSSR count). The van der Waals surface area contributed by atoms with Crippen molar-refractivity contribution in [3.05, 3.63) is 53.5 Å². The molecule has 4 aromatic rings. The van der Waals surface area contributed by atoms with E-state index in [1.54, 1.807) is 0 Å². The molecule has 1 fully saturated rings. The lowest BCUT2D eigenvalue weighted by Crippen LogP contribution is -2.33. The second-order valence-electron chi connectivity index (χ2n) is 8.18. The standard InChI is InChI=1S/C24H23BrN6/c1-29-15-20(18-5-3-17(4-6-18)19-12-28-30(2)14-19)22-23(21(25)13-27-24(22)29)31-9-7-16(11-26)8-10-31/h3-6,12-16H,7-10H2,1-2H3. The molecule has 0 unspecified atom stereocenters. The summed E-state index contributed by atoms with van der Waals surface area (Å²) >= 11 is 3.76. The van der Waals surface area contributed by atoms with Crippen molar-refractivity contribution in [2.45, 2.75) is 12.8 Å². The monoisotopic (exact) mass is 474 g/mol. The number of halogens is 1. The average Bonchev–Trinajstić information content (AvgIpc) is 3.37. The van der Waals surface area contributed by atoms with Gasteiger partial charge in [-0.3, -0.25) is 4.68 Å². The van der Waals surface area contributed by atoms with Crippen LogP contribution in [-0.4, -0.2) is 32.4 Å². The molecular formula is C24H23BrN6. The molecule has 0 aliphatic carbocycles. The Labute approximate surface area is 189 Å². The molecule has 1 saturated heterocycles. The summed E-state index contributed by atoms with van der Waals surface area (Å²) in [6, 6.07) is 11.1. The highest BCUT2D eigenvalue weighted by atomic mass is 79.9. The van der Waals surface area contributed by atoms with Crippen LogP contribution in [0, 0.1) is 17.2 Å².